The zero-order valence-corrected chi connectivity index (χ0v) is 21.3. The third-order valence-electron chi connectivity index (χ3n) is 5.19. The van der Waals surface area contributed by atoms with E-state index in [4.69, 9.17) is 39.5 Å². The van der Waals surface area contributed by atoms with Gasteiger partial charge in [-0.3, -0.25) is 9.59 Å². The van der Waals surface area contributed by atoms with Gasteiger partial charge in [0.1, 0.15) is 5.75 Å². The predicted octanol–water partition coefficient (Wildman–Crippen LogP) is 5.90. The number of ether oxygens (including phenoxy) is 1. The number of nitrogens with one attached hydrogen (secondary N) is 2. The molecule has 0 saturated carbocycles. The molecule has 0 aromatic heterocycles. The molecule has 2 amide bonds. The Morgan fingerprint density at radius 2 is 1.57 bits per heavy atom. The molecule has 0 radical (unpaired) electrons. The Morgan fingerprint density at radius 3 is 2.32 bits per heavy atom. The first kappa shape index (κ1) is 26.2. The molecule has 37 heavy (non-hydrogen) atoms. The van der Waals surface area contributed by atoms with E-state index < -0.39 is 17.8 Å². The average molecular weight is 555 g/mol. The third-order valence-corrected chi connectivity index (χ3v) is 6.18. The first-order valence-corrected chi connectivity index (χ1v) is 12.0. The first-order valence-electron chi connectivity index (χ1n) is 10.9. The summed E-state index contributed by atoms with van der Waals surface area (Å²) < 4.78 is 5.62. The number of rotatable bonds is 7. The lowest BCUT2D eigenvalue weighted by Gasteiger charge is -2.11. The maximum Gasteiger partial charge on any atom is 0.343 e. The number of fused-ring (bicyclic) bond motifs is 1. The van der Waals surface area contributed by atoms with Crippen molar-refractivity contribution in [2.75, 3.05) is 6.54 Å². The number of amides is 2. The van der Waals surface area contributed by atoms with Crippen LogP contribution in [-0.4, -0.2) is 30.5 Å². The number of hydrogen-bond acceptors (Lipinski definition) is 5. The van der Waals surface area contributed by atoms with Gasteiger partial charge in [-0.15, -0.1) is 0 Å². The van der Waals surface area contributed by atoms with E-state index in [-0.39, 0.29) is 22.9 Å². The summed E-state index contributed by atoms with van der Waals surface area (Å²) in [5.41, 5.74) is 3.43. The zero-order chi connectivity index (χ0) is 26.4. The number of esters is 1. The second-order valence-corrected chi connectivity index (χ2v) is 8.95. The van der Waals surface area contributed by atoms with E-state index in [1.165, 1.54) is 24.4 Å². The van der Waals surface area contributed by atoms with Crippen molar-refractivity contribution in [2.24, 2.45) is 5.10 Å². The van der Waals surface area contributed by atoms with Crippen LogP contribution in [0.5, 0.6) is 5.75 Å². The molecule has 0 fully saturated rings. The Labute approximate surface area is 227 Å². The van der Waals surface area contributed by atoms with Crippen LogP contribution in [0.1, 0.15) is 26.3 Å². The number of halogens is 3. The van der Waals surface area contributed by atoms with Gasteiger partial charge in [0.2, 0.25) is 0 Å². The minimum absolute atomic E-state index is 0.228. The SMILES string of the molecule is O=C(CNC(=O)c1ccc(Cl)c(Cl)c1)NN=Cc1c(OC(=O)c2ccc(Cl)cc2)ccc2ccccc12. The van der Waals surface area contributed by atoms with Crippen molar-refractivity contribution < 1.29 is 19.1 Å². The quantitative estimate of drug-likeness (QED) is 0.129. The van der Waals surface area contributed by atoms with Crippen LogP contribution in [-0.2, 0) is 4.79 Å². The molecule has 0 aliphatic heterocycles. The Kier molecular flexibility index (Phi) is 8.40. The van der Waals surface area contributed by atoms with Gasteiger partial charge >= 0.3 is 5.97 Å². The lowest BCUT2D eigenvalue weighted by atomic mass is 10.0. The summed E-state index contributed by atoms with van der Waals surface area (Å²) in [5.74, 6) is -1.38. The summed E-state index contributed by atoms with van der Waals surface area (Å²) >= 11 is 17.7. The monoisotopic (exact) mass is 553 g/mol. The molecule has 4 aromatic rings. The molecular weight excluding hydrogens is 537 g/mol. The van der Waals surface area contributed by atoms with Crippen molar-refractivity contribution in [3.8, 4) is 5.75 Å². The fourth-order valence-corrected chi connectivity index (χ4v) is 3.77. The van der Waals surface area contributed by atoms with E-state index in [9.17, 15) is 14.4 Å². The summed E-state index contributed by atoms with van der Waals surface area (Å²) in [5, 5.41) is 9.16. The standard InChI is InChI=1S/C27H18Cl3N3O4/c28-19-9-5-17(6-10-19)27(36)37-24-12-8-16-3-1-2-4-20(16)21(24)14-32-33-25(34)15-31-26(35)18-7-11-22(29)23(30)13-18/h1-14H,15H2,(H,31,35)(H,33,34). The topological polar surface area (TPSA) is 96.9 Å². The van der Waals surface area contributed by atoms with Gasteiger partial charge in [-0.1, -0.05) is 65.1 Å². The van der Waals surface area contributed by atoms with Crippen LogP contribution in [0.3, 0.4) is 0 Å². The maximum atomic E-state index is 12.7. The largest absolute Gasteiger partial charge is 0.422 e. The van der Waals surface area contributed by atoms with Crippen LogP contribution < -0.4 is 15.5 Å². The molecule has 0 bridgehead atoms. The molecule has 0 aliphatic rings. The minimum Gasteiger partial charge on any atom is -0.422 e. The maximum absolute atomic E-state index is 12.7. The Bertz CT molecular complexity index is 1520. The van der Waals surface area contributed by atoms with Gasteiger partial charge in [-0.25, -0.2) is 10.2 Å². The van der Waals surface area contributed by atoms with E-state index in [0.29, 0.717) is 21.2 Å². The number of benzene rings is 4. The van der Waals surface area contributed by atoms with Crippen molar-refractivity contribution in [1.82, 2.24) is 10.7 Å². The highest BCUT2D eigenvalue weighted by molar-refractivity contribution is 6.42. The molecule has 2 N–H and O–H groups in total. The van der Waals surface area contributed by atoms with Gasteiger partial charge in [0.15, 0.2) is 0 Å². The third kappa shape index (κ3) is 6.65. The van der Waals surface area contributed by atoms with Crippen LogP contribution in [0.25, 0.3) is 10.8 Å². The van der Waals surface area contributed by atoms with Gasteiger partial charge in [0, 0.05) is 16.1 Å². The van der Waals surface area contributed by atoms with E-state index >= 15 is 0 Å². The summed E-state index contributed by atoms with van der Waals surface area (Å²) in [6.07, 6.45) is 1.38. The van der Waals surface area contributed by atoms with Gasteiger partial charge in [-0.05, 0) is 59.3 Å². The lowest BCUT2D eigenvalue weighted by Crippen LogP contribution is -2.34. The highest BCUT2D eigenvalue weighted by Crippen LogP contribution is 2.27. The fraction of sp³-hybridized carbons (Fsp3) is 0.0370. The second kappa shape index (κ2) is 11.9. The second-order valence-electron chi connectivity index (χ2n) is 7.70. The highest BCUT2D eigenvalue weighted by atomic mass is 35.5. The Balaban J connectivity index is 1.46. The van der Waals surface area contributed by atoms with Crippen LogP contribution >= 0.6 is 34.8 Å². The fourth-order valence-electron chi connectivity index (χ4n) is 3.35. The molecule has 4 aromatic carbocycles. The summed E-state index contributed by atoms with van der Waals surface area (Å²) in [6, 6.07) is 21.6. The molecule has 0 unspecified atom stereocenters. The van der Waals surface area contributed by atoms with E-state index in [2.05, 4.69) is 15.8 Å². The van der Waals surface area contributed by atoms with E-state index in [1.807, 2.05) is 30.3 Å². The minimum atomic E-state index is -0.573. The average Bonchev–Trinajstić information content (AvgIpc) is 2.90. The van der Waals surface area contributed by atoms with E-state index in [1.54, 1.807) is 30.3 Å². The summed E-state index contributed by atoms with van der Waals surface area (Å²) in [4.78, 5) is 37.2. The van der Waals surface area contributed by atoms with Crippen molar-refractivity contribution in [3.05, 3.63) is 111 Å². The molecule has 10 heteroatoms. The number of hydrazone groups is 1. The van der Waals surface area contributed by atoms with Crippen LogP contribution in [0.4, 0.5) is 0 Å². The van der Waals surface area contributed by atoms with Crippen LogP contribution in [0.2, 0.25) is 15.1 Å². The van der Waals surface area contributed by atoms with Gasteiger partial charge < -0.3 is 10.1 Å². The van der Waals surface area contributed by atoms with Crippen molar-refractivity contribution >= 4 is 69.6 Å². The van der Waals surface area contributed by atoms with Crippen molar-refractivity contribution in [1.29, 1.82) is 0 Å². The van der Waals surface area contributed by atoms with Crippen molar-refractivity contribution in [2.45, 2.75) is 0 Å². The van der Waals surface area contributed by atoms with E-state index in [0.717, 1.165) is 10.8 Å². The molecule has 0 saturated heterocycles. The predicted molar refractivity (Wildman–Crippen MR) is 145 cm³/mol. The van der Waals surface area contributed by atoms with Gasteiger partial charge in [-0.2, -0.15) is 5.10 Å². The van der Waals surface area contributed by atoms with Crippen LogP contribution in [0, 0.1) is 0 Å². The highest BCUT2D eigenvalue weighted by Gasteiger charge is 2.14. The summed E-state index contributed by atoms with van der Waals surface area (Å²) in [7, 11) is 0. The van der Waals surface area contributed by atoms with Crippen molar-refractivity contribution in [3.63, 3.8) is 0 Å². The molecule has 4 rings (SSSR count). The Hall–Kier alpha value is -3.91. The van der Waals surface area contributed by atoms with Crippen LogP contribution in [0.15, 0.2) is 84.0 Å². The number of hydrogen-bond donors (Lipinski definition) is 2. The normalized spacial score (nSPS) is 10.9. The number of carbonyl (C=O) groups is 3. The molecule has 0 atom stereocenters. The molecular formula is C27H18Cl3N3O4. The Morgan fingerprint density at radius 1 is 0.838 bits per heavy atom. The zero-order valence-electron chi connectivity index (χ0n) is 19.0. The van der Waals surface area contributed by atoms with Gasteiger partial charge in [0.05, 0.1) is 28.4 Å². The molecule has 186 valence electrons. The molecule has 0 heterocycles. The first-order chi connectivity index (χ1) is 17.8. The smallest absolute Gasteiger partial charge is 0.343 e. The number of carbonyl (C=O) groups excluding carboxylic acids is 3. The molecule has 0 aliphatic carbocycles. The molecule has 0 spiro atoms. The number of nitrogens with zero attached hydrogens (tertiary/aromatic N) is 1. The molecule has 7 nitrogen and oxygen atoms in total. The lowest BCUT2D eigenvalue weighted by molar-refractivity contribution is -0.120. The summed E-state index contributed by atoms with van der Waals surface area (Å²) in [6.45, 7) is -0.329. The van der Waals surface area contributed by atoms with Gasteiger partial charge in [0.25, 0.3) is 11.8 Å².